The molecule has 0 aliphatic rings. The molecule has 5 nitrogen and oxygen atoms in total. The molecule has 6 heteroatoms. The predicted molar refractivity (Wildman–Crippen MR) is 68.7 cm³/mol. The second-order valence-electron chi connectivity index (χ2n) is 3.75. The Kier molecular flexibility index (Phi) is 6.36. The lowest BCUT2D eigenvalue weighted by Crippen LogP contribution is -2.27. The molecular weight excluding hydrogens is 252 g/mol. The van der Waals surface area contributed by atoms with Gasteiger partial charge >= 0.3 is 5.97 Å². The summed E-state index contributed by atoms with van der Waals surface area (Å²) in [5.74, 6) is -0.897. The lowest BCUT2D eigenvalue weighted by atomic mass is 10.3. The second kappa shape index (κ2) is 7.82. The van der Waals surface area contributed by atoms with Crippen molar-refractivity contribution in [3.8, 4) is 6.07 Å². The van der Waals surface area contributed by atoms with Gasteiger partial charge in [-0.25, -0.2) is 4.79 Å². The first-order chi connectivity index (χ1) is 8.67. The first-order valence-electron chi connectivity index (χ1n) is 5.57. The standard InChI is InChI=1S/C12H16N2O3S/c1-17-8-7-14(6-2-5-13)9-10-3-4-11(18-10)12(15)16/h3-4H,2,6-9H2,1H3,(H,15,16). The maximum Gasteiger partial charge on any atom is 0.345 e. The van der Waals surface area contributed by atoms with Crippen LogP contribution in [0.15, 0.2) is 12.1 Å². The number of carboxylic acid groups (broad SMARTS) is 1. The Morgan fingerprint density at radius 1 is 1.56 bits per heavy atom. The van der Waals surface area contributed by atoms with Gasteiger partial charge in [0, 0.05) is 38.0 Å². The Labute approximate surface area is 110 Å². The Bertz CT molecular complexity index is 425. The van der Waals surface area contributed by atoms with E-state index in [1.807, 2.05) is 6.07 Å². The maximum absolute atomic E-state index is 10.8. The molecular formula is C12H16N2O3S. The quantitative estimate of drug-likeness (QED) is 0.778. The van der Waals surface area contributed by atoms with Crippen LogP contribution < -0.4 is 0 Å². The highest BCUT2D eigenvalue weighted by Gasteiger charge is 2.10. The van der Waals surface area contributed by atoms with Gasteiger partial charge in [-0.3, -0.25) is 4.90 Å². The Balaban J connectivity index is 2.57. The van der Waals surface area contributed by atoms with Gasteiger partial charge in [0.15, 0.2) is 0 Å². The minimum atomic E-state index is -0.897. The van der Waals surface area contributed by atoms with Crippen molar-refractivity contribution < 1.29 is 14.6 Å². The third-order valence-electron chi connectivity index (χ3n) is 2.40. The van der Waals surface area contributed by atoms with Crippen LogP contribution >= 0.6 is 11.3 Å². The fraction of sp³-hybridized carbons (Fsp3) is 0.500. The van der Waals surface area contributed by atoms with Crippen molar-refractivity contribution in [1.29, 1.82) is 5.26 Å². The maximum atomic E-state index is 10.8. The summed E-state index contributed by atoms with van der Waals surface area (Å²) >= 11 is 1.27. The van der Waals surface area contributed by atoms with Crippen molar-refractivity contribution in [3.05, 3.63) is 21.9 Å². The topological polar surface area (TPSA) is 73.6 Å². The molecule has 0 bridgehead atoms. The van der Waals surface area contributed by atoms with E-state index in [1.54, 1.807) is 13.2 Å². The highest BCUT2D eigenvalue weighted by atomic mass is 32.1. The molecule has 0 saturated heterocycles. The molecule has 0 radical (unpaired) electrons. The molecule has 1 aromatic rings. The van der Waals surface area contributed by atoms with Gasteiger partial charge in [-0.05, 0) is 12.1 Å². The highest BCUT2D eigenvalue weighted by molar-refractivity contribution is 7.13. The van der Waals surface area contributed by atoms with Crippen LogP contribution in [0.3, 0.4) is 0 Å². The summed E-state index contributed by atoms with van der Waals surface area (Å²) in [6, 6.07) is 5.54. The zero-order chi connectivity index (χ0) is 13.4. The SMILES string of the molecule is COCCN(CCC#N)Cc1ccc(C(=O)O)s1. The Morgan fingerprint density at radius 3 is 2.89 bits per heavy atom. The van der Waals surface area contributed by atoms with Crippen molar-refractivity contribution >= 4 is 17.3 Å². The average molecular weight is 268 g/mol. The van der Waals surface area contributed by atoms with Crippen LogP contribution in [-0.2, 0) is 11.3 Å². The number of carboxylic acids is 1. The van der Waals surface area contributed by atoms with E-state index in [2.05, 4.69) is 11.0 Å². The number of methoxy groups -OCH3 is 1. The van der Waals surface area contributed by atoms with Crippen LogP contribution in [0.1, 0.15) is 21.0 Å². The van der Waals surface area contributed by atoms with Crippen molar-refractivity contribution in [2.24, 2.45) is 0 Å². The van der Waals surface area contributed by atoms with E-state index in [0.29, 0.717) is 31.0 Å². The Hall–Kier alpha value is -1.42. The van der Waals surface area contributed by atoms with Gasteiger partial charge < -0.3 is 9.84 Å². The number of ether oxygens (including phenoxy) is 1. The van der Waals surface area contributed by atoms with Crippen LogP contribution in [0, 0.1) is 11.3 Å². The van der Waals surface area contributed by atoms with E-state index in [0.717, 1.165) is 11.4 Å². The number of thiophene rings is 1. The smallest absolute Gasteiger partial charge is 0.345 e. The summed E-state index contributed by atoms with van der Waals surface area (Å²) < 4.78 is 5.02. The molecule has 0 fully saturated rings. The molecule has 0 atom stereocenters. The molecule has 0 unspecified atom stereocenters. The van der Waals surface area contributed by atoms with E-state index < -0.39 is 5.97 Å². The number of rotatable bonds is 8. The van der Waals surface area contributed by atoms with Crippen molar-refractivity contribution in [1.82, 2.24) is 4.90 Å². The van der Waals surface area contributed by atoms with Gasteiger partial charge in [-0.1, -0.05) is 0 Å². The molecule has 18 heavy (non-hydrogen) atoms. The zero-order valence-corrected chi connectivity index (χ0v) is 11.1. The summed E-state index contributed by atoms with van der Waals surface area (Å²) in [4.78, 5) is 14.2. The van der Waals surface area contributed by atoms with Crippen LogP contribution in [0.25, 0.3) is 0 Å². The summed E-state index contributed by atoms with van der Waals surface area (Å²) in [6.45, 7) is 2.66. The third kappa shape index (κ3) is 4.84. The van der Waals surface area contributed by atoms with Crippen LogP contribution in [0.2, 0.25) is 0 Å². The number of hydrogen-bond donors (Lipinski definition) is 1. The Morgan fingerprint density at radius 2 is 2.33 bits per heavy atom. The number of hydrogen-bond acceptors (Lipinski definition) is 5. The van der Waals surface area contributed by atoms with Gasteiger partial charge in [0.05, 0.1) is 12.7 Å². The van der Waals surface area contributed by atoms with Gasteiger partial charge in [-0.15, -0.1) is 11.3 Å². The molecule has 0 aliphatic heterocycles. The molecule has 0 aliphatic carbocycles. The molecule has 0 spiro atoms. The molecule has 98 valence electrons. The van der Waals surface area contributed by atoms with Crippen LogP contribution in [-0.4, -0.2) is 42.8 Å². The first-order valence-corrected chi connectivity index (χ1v) is 6.39. The number of nitriles is 1. The minimum Gasteiger partial charge on any atom is -0.477 e. The van der Waals surface area contributed by atoms with Gasteiger partial charge in [0.25, 0.3) is 0 Å². The fourth-order valence-electron chi connectivity index (χ4n) is 1.50. The molecule has 1 heterocycles. The minimum absolute atomic E-state index is 0.344. The van der Waals surface area contributed by atoms with Gasteiger partial charge in [0.1, 0.15) is 4.88 Å². The molecule has 0 amide bonds. The lowest BCUT2D eigenvalue weighted by Gasteiger charge is -2.19. The predicted octanol–water partition coefficient (Wildman–Crippen LogP) is 1.81. The van der Waals surface area contributed by atoms with E-state index in [4.69, 9.17) is 15.1 Å². The van der Waals surface area contributed by atoms with E-state index in [-0.39, 0.29) is 0 Å². The number of aromatic carboxylic acids is 1. The monoisotopic (exact) mass is 268 g/mol. The summed E-state index contributed by atoms with van der Waals surface area (Å²) in [5.41, 5.74) is 0. The molecule has 1 rings (SSSR count). The van der Waals surface area contributed by atoms with E-state index in [9.17, 15) is 4.79 Å². The lowest BCUT2D eigenvalue weighted by molar-refractivity contribution is 0.0702. The third-order valence-corrected chi connectivity index (χ3v) is 3.46. The van der Waals surface area contributed by atoms with Gasteiger partial charge in [0.2, 0.25) is 0 Å². The first kappa shape index (κ1) is 14.6. The largest absolute Gasteiger partial charge is 0.477 e. The van der Waals surface area contributed by atoms with Crippen molar-refractivity contribution in [2.45, 2.75) is 13.0 Å². The summed E-state index contributed by atoms with van der Waals surface area (Å²) in [7, 11) is 1.64. The molecule has 1 N–H and O–H groups in total. The zero-order valence-electron chi connectivity index (χ0n) is 10.3. The molecule has 0 aromatic carbocycles. The molecule has 0 saturated carbocycles. The van der Waals surface area contributed by atoms with Crippen molar-refractivity contribution in [3.63, 3.8) is 0 Å². The normalized spacial score (nSPS) is 10.5. The summed E-state index contributed by atoms with van der Waals surface area (Å²) in [6.07, 6.45) is 0.459. The fourth-order valence-corrected chi connectivity index (χ4v) is 2.39. The highest BCUT2D eigenvalue weighted by Crippen LogP contribution is 2.18. The van der Waals surface area contributed by atoms with Crippen LogP contribution in [0.4, 0.5) is 0 Å². The van der Waals surface area contributed by atoms with Crippen LogP contribution in [0.5, 0.6) is 0 Å². The van der Waals surface area contributed by atoms with Crippen molar-refractivity contribution in [2.75, 3.05) is 26.8 Å². The molecule has 1 aromatic heterocycles. The van der Waals surface area contributed by atoms with E-state index in [1.165, 1.54) is 11.3 Å². The average Bonchev–Trinajstić information content (AvgIpc) is 2.81. The van der Waals surface area contributed by atoms with E-state index >= 15 is 0 Å². The number of nitrogens with zero attached hydrogens (tertiary/aromatic N) is 2. The second-order valence-corrected chi connectivity index (χ2v) is 4.92. The number of carbonyl (C=O) groups is 1. The van der Waals surface area contributed by atoms with Gasteiger partial charge in [-0.2, -0.15) is 5.26 Å². The summed E-state index contributed by atoms with van der Waals surface area (Å²) in [5, 5.41) is 17.4.